The van der Waals surface area contributed by atoms with Crippen molar-refractivity contribution in [1.29, 1.82) is 0 Å². The Morgan fingerprint density at radius 1 is 1.07 bits per heavy atom. The minimum Gasteiger partial charge on any atom is -0.336 e. The molecule has 0 saturated carbocycles. The second-order valence-corrected chi connectivity index (χ2v) is 5.63. The molecular formula is C20H16F2N4O2. The number of anilines is 1. The van der Waals surface area contributed by atoms with Crippen LogP contribution >= 0.6 is 0 Å². The highest BCUT2D eigenvalue weighted by atomic mass is 19.1. The molecule has 0 aliphatic carbocycles. The van der Waals surface area contributed by atoms with E-state index in [9.17, 15) is 13.6 Å². The number of carbonyl (C=O) groups excluding carboxylic acids is 1. The summed E-state index contributed by atoms with van der Waals surface area (Å²) in [6.45, 7) is 1.90. The zero-order valence-corrected chi connectivity index (χ0v) is 14.9. The van der Waals surface area contributed by atoms with Gasteiger partial charge in [-0.15, -0.1) is 0 Å². The van der Waals surface area contributed by atoms with Gasteiger partial charge in [-0.3, -0.25) is 4.79 Å². The molecule has 0 unspecified atom stereocenters. The predicted octanol–water partition coefficient (Wildman–Crippen LogP) is 4.20. The van der Waals surface area contributed by atoms with Gasteiger partial charge in [-0.25, -0.2) is 18.7 Å². The number of aromatic nitrogens is 2. The molecule has 2 heterocycles. The molecule has 1 aromatic carbocycles. The van der Waals surface area contributed by atoms with Crippen molar-refractivity contribution in [3.8, 4) is 5.88 Å². The van der Waals surface area contributed by atoms with Crippen molar-refractivity contribution in [2.24, 2.45) is 5.16 Å². The van der Waals surface area contributed by atoms with E-state index >= 15 is 0 Å². The lowest BCUT2D eigenvalue weighted by atomic mass is 10.1. The molecule has 0 spiro atoms. The molecule has 6 nitrogen and oxygen atoms in total. The van der Waals surface area contributed by atoms with Crippen molar-refractivity contribution in [3.05, 3.63) is 83.7 Å². The lowest BCUT2D eigenvalue weighted by Crippen LogP contribution is -2.16. The van der Waals surface area contributed by atoms with Crippen LogP contribution in [-0.2, 0) is 0 Å². The summed E-state index contributed by atoms with van der Waals surface area (Å²) in [6.07, 6.45) is 3.64. The van der Waals surface area contributed by atoms with Gasteiger partial charge < -0.3 is 10.2 Å². The number of oxime groups is 1. The highest BCUT2D eigenvalue weighted by molar-refractivity contribution is 6.04. The van der Waals surface area contributed by atoms with E-state index in [0.29, 0.717) is 23.6 Å². The maximum atomic E-state index is 13.7. The summed E-state index contributed by atoms with van der Waals surface area (Å²) in [6, 6.07) is 11.6. The minimum absolute atomic E-state index is 0.150. The van der Waals surface area contributed by atoms with Crippen molar-refractivity contribution in [3.63, 3.8) is 0 Å². The molecule has 28 heavy (non-hydrogen) atoms. The summed E-state index contributed by atoms with van der Waals surface area (Å²) >= 11 is 0. The molecule has 8 heteroatoms. The van der Waals surface area contributed by atoms with Crippen molar-refractivity contribution in [2.45, 2.75) is 13.3 Å². The molecule has 0 fully saturated rings. The Bertz CT molecular complexity index is 973. The van der Waals surface area contributed by atoms with E-state index < -0.39 is 23.1 Å². The SMILES string of the molecule is CC/C(=N\Oc1ccccn1)c1ccc(NC(=O)c2c(F)cccc2F)nc1. The monoisotopic (exact) mass is 382 g/mol. The van der Waals surface area contributed by atoms with Gasteiger partial charge in [-0.2, -0.15) is 0 Å². The summed E-state index contributed by atoms with van der Waals surface area (Å²) in [5.41, 5.74) is 0.637. The van der Waals surface area contributed by atoms with E-state index in [1.54, 1.807) is 30.5 Å². The van der Waals surface area contributed by atoms with Gasteiger partial charge in [0, 0.05) is 24.0 Å². The normalized spacial score (nSPS) is 11.2. The molecule has 0 aliphatic rings. The van der Waals surface area contributed by atoms with Crippen LogP contribution in [0.3, 0.4) is 0 Å². The fraction of sp³-hybridized carbons (Fsp3) is 0.100. The number of carbonyl (C=O) groups is 1. The third-order valence-corrected chi connectivity index (χ3v) is 3.75. The zero-order valence-electron chi connectivity index (χ0n) is 14.9. The number of pyridine rings is 2. The van der Waals surface area contributed by atoms with Crippen LogP contribution in [0, 0.1) is 11.6 Å². The topological polar surface area (TPSA) is 76.5 Å². The van der Waals surface area contributed by atoms with Crippen molar-refractivity contribution in [1.82, 2.24) is 9.97 Å². The third kappa shape index (κ3) is 4.53. The minimum atomic E-state index is -0.943. The van der Waals surface area contributed by atoms with Crippen LogP contribution < -0.4 is 10.2 Å². The van der Waals surface area contributed by atoms with Crippen molar-refractivity contribution in [2.75, 3.05) is 5.32 Å². The van der Waals surface area contributed by atoms with Crippen LogP contribution in [0.5, 0.6) is 5.88 Å². The maximum absolute atomic E-state index is 13.7. The predicted molar refractivity (Wildman–Crippen MR) is 100 cm³/mol. The smallest absolute Gasteiger partial charge is 0.262 e. The van der Waals surface area contributed by atoms with Crippen molar-refractivity contribution < 1.29 is 18.4 Å². The average Bonchev–Trinajstić information content (AvgIpc) is 2.70. The first-order valence-electron chi connectivity index (χ1n) is 8.45. The number of nitrogens with zero attached hydrogens (tertiary/aromatic N) is 3. The van der Waals surface area contributed by atoms with Gasteiger partial charge in [-0.1, -0.05) is 24.2 Å². The molecule has 142 valence electrons. The van der Waals surface area contributed by atoms with E-state index in [0.717, 1.165) is 12.1 Å². The van der Waals surface area contributed by atoms with E-state index in [1.165, 1.54) is 18.3 Å². The van der Waals surface area contributed by atoms with Gasteiger partial charge in [0.2, 0.25) is 5.88 Å². The van der Waals surface area contributed by atoms with Gasteiger partial charge in [-0.05, 0) is 36.8 Å². The second-order valence-electron chi connectivity index (χ2n) is 5.63. The first-order chi connectivity index (χ1) is 13.6. The molecule has 3 rings (SSSR count). The van der Waals surface area contributed by atoms with Crippen LogP contribution in [0.4, 0.5) is 14.6 Å². The van der Waals surface area contributed by atoms with Crippen LogP contribution in [0.25, 0.3) is 0 Å². The third-order valence-electron chi connectivity index (χ3n) is 3.75. The molecule has 2 aromatic heterocycles. The zero-order chi connectivity index (χ0) is 19.9. The summed E-state index contributed by atoms with van der Waals surface area (Å²) in [5.74, 6) is -2.30. The summed E-state index contributed by atoms with van der Waals surface area (Å²) in [7, 11) is 0. The molecule has 0 saturated heterocycles. The van der Waals surface area contributed by atoms with Gasteiger partial charge in [0.25, 0.3) is 5.91 Å². The molecule has 0 atom stereocenters. The molecule has 0 aliphatic heterocycles. The summed E-state index contributed by atoms with van der Waals surface area (Å²) in [5, 5.41) is 6.44. The fourth-order valence-electron chi connectivity index (χ4n) is 2.36. The maximum Gasteiger partial charge on any atom is 0.262 e. The largest absolute Gasteiger partial charge is 0.336 e. The van der Waals surface area contributed by atoms with Gasteiger partial charge in [0.05, 0.1) is 5.71 Å². The molecule has 1 amide bonds. The van der Waals surface area contributed by atoms with E-state index in [4.69, 9.17) is 4.84 Å². The Labute approximate surface area is 159 Å². The molecule has 1 N–H and O–H groups in total. The molecule has 0 radical (unpaired) electrons. The number of halogens is 2. The Kier molecular flexibility index (Phi) is 6.01. The van der Waals surface area contributed by atoms with Crippen LogP contribution in [0.2, 0.25) is 0 Å². The number of hydrogen-bond acceptors (Lipinski definition) is 5. The first-order valence-corrected chi connectivity index (χ1v) is 8.45. The average molecular weight is 382 g/mol. The van der Waals surface area contributed by atoms with Crippen molar-refractivity contribution >= 4 is 17.4 Å². The van der Waals surface area contributed by atoms with Gasteiger partial charge in [0.15, 0.2) is 0 Å². The number of rotatable bonds is 6. The lowest BCUT2D eigenvalue weighted by Gasteiger charge is -2.08. The van der Waals surface area contributed by atoms with Crippen LogP contribution in [0.1, 0.15) is 29.3 Å². The van der Waals surface area contributed by atoms with Gasteiger partial charge >= 0.3 is 0 Å². The Balaban J connectivity index is 1.72. The number of benzene rings is 1. The number of amides is 1. The fourth-order valence-corrected chi connectivity index (χ4v) is 2.36. The standard InChI is InChI=1S/C20H16F2N4O2/c1-2-16(26-28-18-8-3-4-11-23-18)13-9-10-17(24-12-13)25-20(27)19-14(21)6-5-7-15(19)22/h3-12H,2H2,1H3,(H,24,25,27)/b26-16+. The van der Waals surface area contributed by atoms with Gasteiger partial charge in [0.1, 0.15) is 23.0 Å². The Hall–Kier alpha value is -3.68. The number of hydrogen-bond donors (Lipinski definition) is 1. The van der Waals surface area contributed by atoms with E-state index in [1.807, 2.05) is 6.92 Å². The van der Waals surface area contributed by atoms with Crippen LogP contribution in [-0.4, -0.2) is 21.6 Å². The first kappa shape index (κ1) is 19.1. The van der Waals surface area contributed by atoms with Crippen LogP contribution in [0.15, 0.2) is 66.1 Å². The quantitative estimate of drug-likeness (QED) is 0.512. The second kappa shape index (κ2) is 8.81. The summed E-state index contributed by atoms with van der Waals surface area (Å²) < 4.78 is 27.4. The summed E-state index contributed by atoms with van der Waals surface area (Å²) in [4.78, 5) is 25.5. The number of nitrogens with one attached hydrogen (secondary N) is 1. The lowest BCUT2D eigenvalue weighted by molar-refractivity contribution is 0.101. The molecule has 3 aromatic rings. The van der Waals surface area contributed by atoms with E-state index in [2.05, 4.69) is 20.4 Å². The molecule has 0 bridgehead atoms. The Morgan fingerprint density at radius 2 is 1.86 bits per heavy atom. The van der Waals surface area contributed by atoms with E-state index in [-0.39, 0.29) is 5.82 Å². The highest BCUT2D eigenvalue weighted by Gasteiger charge is 2.17. The Morgan fingerprint density at radius 3 is 2.46 bits per heavy atom. The molecular weight excluding hydrogens is 366 g/mol. The highest BCUT2D eigenvalue weighted by Crippen LogP contribution is 2.15.